The van der Waals surface area contributed by atoms with Gasteiger partial charge < -0.3 is 13.9 Å². The predicted molar refractivity (Wildman–Crippen MR) is 160 cm³/mol. The van der Waals surface area contributed by atoms with E-state index in [-0.39, 0.29) is 5.76 Å². The quantitative estimate of drug-likeness (QED) is 0.130. The normalized spacial score (nSPS) is 11.4. The Morgan fingerprint density at radius 1 is 0.947 bits per heavy atom. The zero-order chi connectivity index (χ0) is 26.6. The lowest BCUT2D eigenvalue weighted by Gasteiger charge is -2.15. The van der Waals surface area contributed by atoms with Gasteiger partial charge in [-0.3, -0.25) is 4.79 Å². The molecule has 1 amide bonds. The zero-order valence-electron chi connectivity index (χ0n) is 20.1. The number of rotatable bonds is 8. The van der Waals surface area contributed by atoms with Gasteiger partial charge in [-0.15, -0.1) is 0 Å². The fourth-order valence-corrected chi connectivity index (χ4v) is 5.96. The van der Waals surface area contributed by atoms with Crippen LogP contribution >= 0.6 is 47.8 Å². The highest BCUT2D eigenvalue weighted by molar-refractivity contribution is 9.11. The van der Waals surface area contributed by atoms with Crippen molar-refractivity contribution in [2.45, 2.75) is 13.5 Å². The molecule has 0 atom stereocenters. The van der Waals surface area contributed by atoms with E-state index in [0.717, 1.165) is 36.2 Å². The predicted octanol–water partition coefficient (Wildman–Crippen LogP) is 8.62. The van der Waals surface area contributed by atoms with E-state index in [2.05, 4.69) is 82.6 Å². The van der Waals surface area contributed by atoms with Crippen LogP contribution < -0.4 is 14.9 Å². The van der Waals surface area contributed by atoms with Crippen molar-refractivity contribution < 1.29 is 18.7 Å². The summed E-state index contributed by atoms with van der Waals surface area (Å²) in [5, 5.41) is 7.21. The van der Waals surface area contributed by atoms with Crippen LogP contribution in [0.1, 0.15) is 28.6 Å². The van der Waals surface area contributed by atoms with Crippen molar-refractivity contribution in [2.24, 2.45) is 5.10 Å². The molecule has 0 bridgehead atoms. The molecule has 0 saturated carbocycles. The second kappa shape index (κ2) is 11.7. The molecule has 192 valence electrons. The number of halogens is 3. The van der Waals surface area contributed by atoms with E-state index in [0.29, 0.717) is 34.8 Å². The molecular formula is C29H21Br3N2O4. The number of ether oxygens (including phenoxy) is 2. The SMILES string of the molecule is CCOc1cc(/C=N\NC(=O)c2cc3cc(Br)cc(Br)c3o2)cc(Br)c1OCc1cccc2ccccc12. The second-order valence-electron chi connectivity index (χ2n) is 8.31. The third kappa shape index (κ3) is 5.80. The highest BCUT2D eigenvalue weighted by atomic mass is 79.9. The minimum absolute atomic E-state index is 0.157. The molecule has 0 unspecified atom stereocenters. The Labute approximate surface area is 244 Å². The van der Waals surface area contributed by atoms with Gasteiger partial charge in [-0.25, -0.2) is 5.43 Å². The Kier molecular flexibility index (Phi) is 8.16. The van der Waals surface area contributed by atoms with Crippen molar-refractivity contribution in [2.75, 3.05) is 6.61 Å². The van der Waals surface area contributed by atoms with Crippen molar-refractivity contribution in [3.05, 3.63) is 103 Å². The average Bonchev–Trinajstić information content (AvgIpc) is 3.33. The van der Waals surface area contributed by atoms with Crippen molar-refractivity contribution >= 4 is 81.7 Å². The van der Waals surface area contributed by atoms with Crippen molar-refractivity contribution in [1.29, 1.82) is 0 Å². The number of benzene rings is 4. The number of furan rings is 1. The first-order chi connectivity index (χ1) is 18.4. The maximum absolute atomic E-state index is 12.6. The van der Waals surface area contributed by atoms with E-state index in [4.69, 9.17) is 13.9 Å². The zero-order valence-corrected chi connectivity index (χ0v) is 24.9. The summed E-state index contributed by atoms with van der Waals surface area (Å²) in [5.41, 5.74) is 4.90. The Morgan fingerprint density at radius 3 is 2.61 bits per heavy atom. The van der Waals surface area contributed by atoms with Crippen molar-refractivity contribution in [1.82, 2.24) is 5.43 Å². The molecule has 1 heterocycles. The number of amides is 1. The van der Waals surface area contributed by atoms with Crippen molar-refractivity contribution in [3.8, 4) is 11.5 Å². The van der Waals surface area contributed by atoms with Crippen molar-refractivity contribution in [3.63, 3.8) is 0 Å². The van der Waals surface area contributed by atoms with Gasteiger partial charge in [0.1, 0.15) is 12.2 Å². The van der Waals surface area contributed by atoms with Crippen LogP contribution in [0.2, 0.25) is 0 Å². The van der Waals surface area contributed by atoms with Crippen LogP contribution in [0.3, 0.4) is 0 Å². The smallest absolute Gasteiger partial charge is 0.307 e. The van der Waals surface area contributed by atoms with Crippen LogP contribution in [0.15, 0.2) is 95.7 Å². The minimum Gasteiger partial charge on any atom is -0.490 e. The number of nitrogens with one attached hydrogen (secondary N) is 1. The standard InChI is InChI=1S/C29H21Br3N2O4/c1-2-36-25-11-17(15-33-34-29(35)26-13-20-12-21(30)14-24(32)27(20)38-26)10-23(31)28(25)37-16-19-8-5-7-18-6-3-4-9-22(18)19/h3-15H,2,16H2,1H3,(H,34,35)/b33-15-. The van der Waals surface area contributed by atoms with E-state index in [1.54, 1.807) is 6.07 Å². The monoisotopic (exact) mass is 698 g/mol. The van der Waals surface area contributed by atoms with Gasteiger partial charge in [0.05, 0.1) is 21.8 Å². The molecule has 0 spiro atoms. The lowest BCUT2D eigenvalue weighted by atomic mass is 10.1. The minimum atomic E-state index is -0.459. The van der Waals surface area contributed by atoms with Gasteiger partial charge in [0.15, 0.2) is 17.3 Å². The number of hydrazone groups is 1. The first-order valence-electron chi connectivity index (χ1n) is 11.7. The molecular weight excluding hydrogens is 680 g/mol. The Bertz CT molecular complexity index is 1670. The van der Waals surface area contributed by atoms with E-state index < -0.39 is 5.91 Å². The van der Waals surface area contributed by atoms with Crippen LogP contribution in [-0.4, -0.2) is 18.7 Å². The maximum atomic E-state index is 12.6. The number of nitrogens with zero attached hydrogens (tertiary/aromatic N) is 1. The number of carbonyl (C=O) groups excluding carboxylic acids is 1. The summed E-state index contributed by atoms with van der Waals surface area (Å²) in [5.74, 6) is 0.867. The van der Waals surface area contributed by atoms with Gasteiger partial charge in [-0.05, 0) is 91.0 Å². The summed E-state index contributed by atoms with van der Waals surface area (Å²) in [4.78, 5) is 12.6. The fourth-order valence-electron chi connectivity index (χ4n) is 4.04. The van der Waals surface area contributed by atoms with E-state index in [1.807, 2.05) is 49.4 Å². The Balaban J connectivity index is 1.32. The highest BCUT2D eigenvalue weighted by Gasteiger charge is 2.15. The van der Waals surface area contributed by atoms with Gasteiger partial charge in [0.25, 0.3) is 0 Å². The summed E-state index contributed by atoms with van der Waals surface area (Å²) < 4.78 is 20.1. The van der Waals surface area contributed by atoms with E-state index >= 15 is 0 Å². The third-order valence-electron chi connectivity index (χ3n) is 5.72. The molecule has 5 aromatic rings. The van der Waals surface area contributed by atoms with Crippen LogP contribution in [-0.2, 0) is 6.61 Å². The van der Waals surface area contributed by atoms with Gasteiger partial charge >= 0.3 is 5.91 Å². The first kappa shape index (κ1) is 26.5. The molecule has 0 saturated heterocycles. The van der Waals surface area contributed by atoms with Crippen LogP contribution in [0.5, 0.6) is 11.5 Å². The Morgan fingerprint density at radius 2 is 1.76 bits per heavy atom. The summed E-state index contributed by atoms with van der Waals surface area (Å²) in [6.07, 6.45) is 1.54. The molecule has 1 N–H and O–H groups in total. The van der Waals surface area contributed by atoms with Crippen LogP contribution in [0, 0.1) is 0 Å². The molecule has 5 rings (SSSR count). The highest BCUT2D eigenvalue weighted by Crippen LogP contribution is 2.37. The number of hydrogen-bond acceptors (Lipinski definition) is 5. The van der Waals surface area contributed by atoms with Gasteiger partial charge in [0.2, 0.25) is 0 Å². The lowest BCUT2D eigenvalue weighted by Crippen LogP contribution is -2.16. The molecule has 0 aliphatic rings. The maximum Gasteiger partial charge on any atom is 0.307 e. The fraction of sp³-hybridized carbons (Fsp3) is 0.103. The molecule has 0 aliphatic heterocycles. The topological polar surface area (TPSA) is 73.1 Å². The number of hydrogen-bond donors (Lipinski definition) is 1. The number of carbonyl (C=O) groups is 1. The van der Waals surface area contributed by atoms with Gasteiger partial charge in [-0.1, -0.05) is 58.4 Å². The molecule has 4 aromatic carbocycles. The van der Waals surface area contributed by atoms with E-state index in [1.165, 1.54) is 6.21 Å². The lowest BCUT2D eigenvalue weighted by molar-refractivity contribution is 0.0929. The molecule has 1 aromatic heterocycles. The summed E-state index contributed by atoms with van der Waals surface area (Å²) in [6.45, 7) is 2.76. The van der Waals surface area contributed by atoms with Gasteiger partial charge in [-0.2, -0.15) is 5.10 Å². The number of fused-ring (bicyclic) bond motifs is 2. The second-order valence-corrected chi connectivity index (χ2v) is 10.9. The Hall–Kier alpha value is -3.14. The van der Waals surface area contributed by atoms with Gasteiger partial charge in [0, 0.05) is 9.86 Å². The average molecular weight is 701 g/mol. The van der Waals surface area contributed by atoms with E-state index in [9.17, 15) is 4.79 Å². The summed E-state index contributed by atoms with van der Waals surface area (Å²) >= 11 is 10.5. The van der Waals surface area contributed by atoms with Crippen LogP contribution in [0.4, 0.5) is 0 Å². The first-order valence-corrected chi connectivity index (χ1v) is 14.1. The molecule has 0 fully saturated rings. The molecule has 6 nitrogen and oxygen atoms in total. The molecule has 9 heteroatoms. The molecule has 38 heavy (non-hydrogen) atoms. The summed E-state index contributed by atoms with van der Waals surface area (Å²) in [6, 6.07) is 23.4. The molecule has 0 aliphatic carbocycles. The van der Waals surface area contributed by atoms with Crippen LogP contribution in [0.25, 0.3) is 21.7 Å². The third-order valence-corrected chi connectivity index (χ3v) is 7.36. The largest absolute Gasteiger partial charge is 0.490 e. The summed E-state index contributed by atoms with van der Waals surface area (Å²) in [7, 11) is 0. The molecule has 0 radical (unpaired) electrons.